The number of fused-ring (bicyclic) bond motifs is 1. The molecule has 124 valence electrons. The Hall–Kier alpha value is -1.69. The average molecular weight is 316 g/mol. The first-order chi connectivity index (χ1) is 11.2. The smallest absolute Gasteiger partial charge is 0.305 e. The molecule has 6 heteroatoms. The van der Waals surface area contributed by atoms with Crippen molar-refractivity contribution in [3.8, 4) is 0 Å². The third-order valence-electron chi connectivity index (χ3n) is 5.64. The number of aromatic nitrogens is 2. The molecule has 6 nitrogen and oxygen atoms in total. The fourth-order valence-electron chi connectivity index (χ4n) is 4.02. The summed E-state index contributed by atoms with van der Waals surface area (Å²) < 4.78 is 0. The van der Waals surface area contributed by atoms with E-state index in [1.165, 1.54) is 18.4 Å². The minimum Gasteiger partial charge on any atom is -0.481 e. The summed E-state index contributed by atoms with van der Waals surface area (Å²) in [5.41, 5.74) is 2.26. The van der Waals surface area contributed by atoms with E-state index in [2.05, 4.69) is 20.2 Å². The first kappa shape index (κ1) is 14.9. The highest BCUT2D eigenvalue weighted by atomic mass is 16.4. The van der Waals surface area contributed by atoms with Gasteiger partial charge in [0.15, 0.2) is 0 Å². The SMILES string of the molecule is O=C(O)CC1(N2CCc3ncnc(NC4CC4)c3CC2)CCC1. The van der Waals surface area contributed by atoms with E-state index in [1.807, 2.05) is 0 Å². The van der Waals surface area contributed by atoms with Crippen LogP contribution in [0.15, 0.2) is 6.33 Å². The van der Waals surface area contributed by atoms with Crippen LogP contribution in [0.2, 0.25) is 0 Å². The van der Waals surface area contributed by atoms with Gasteiger partial charge in [-0.3, -0.25) is 9.69 Å². The van der Waals surface area contributed by atoms with Crippen LogP contribution in [0.25, 0.3) is 0 Å². The van der Waals surface area contributed by atoms with Gasteiger partial charge in [0, 0.05) is 36.7 Å². The molecule has 2 saturated carbocycles. The second kappa shape index (κ2) is 5.74. The highest BCUT2D eigenvalue weighted by molar-refractivity contribution is 5.68. The number of aliphatic carboxylic acids is 1. The van der Waals surface area contributed by atoms with Gasteiger partial charge >= 0.3 is 5.97 Å². The van der Waals surface area contributed by atoms with Crippen molar-refractivity contribution in [3.05, 3.63) is 17.6 Å². The molecule has 0 bridgehead atoms. The Balaban J connectivity index is 1.52. The van der Waals surface area contributed by atoms with Crippen LogP contribution in [-0.2, 0) is 17.6 Å². The maximum absolute atomic E-state index is 11.3. The lowest BCUT2D eigenvalue weighted by Crippen LogP contribution is -2.55. The lowest BCUT2D eigenvalue weighted by molar-refractivity contribution is -0.142. The number of nitrogens with one attached hydrogen (secondary N) is 1. The van der Waals surface area contributed by atoms with E-state index in [4.69, 9.17) is 0 Å². The molecule has 0 saturated heterocycles. The molecule has 2 N–H and O–H groups in total. The van der Waals surface area contributed by atoms with Gasteiger partial charge in [0.25, 0.3) is 0 Å². The Morgan fingerprint density at radius 2 is 2.09 bits per heavy atom. The Kier molecular flexibility index (Phi) is 3.71. The average Bonchev–Trinajstić information content (AvgIpc) is 3.29. The molecule has 0 unspecified atom stereocenters. The van der Waals surface area contributed by atoms with E-state index < -0.39 is 5.97 Å². The summed E-state index contributed by atoms with van der Waals surface area (Å²) in [7, 11) is 0. The van der Waals surface area contributed by atoms with Crippen LogP contribution in [0, 0.1) is 0 Å². The number of rotatable bonds is 5. The molecule has 1 aromatic heterocycles. The second-order valence-corrected chi connectivity index (χ2v) is 7.20. The van der Waals surface area contributed by atoms with Crippen LogP contribution in [0.4, 0.5) is 5.82 Å². The normalized spacial score (nSPS) is 23.5. The highest BCUT2D eigenvalue weighted by Crippen LogP contribution is 2.41. The molecule has 0 amide bonds. The molecule has 0 radical (unpaired) electrons. The van der Waals surface area contributed by atoms with E-state index in [0.717, 1.165) is 56.7 Å². The fourth-order valence-corrected chi connectivity index (χ4v) is 4.02. The number of carboxylic acids is 1. The topological polar surface area (TPSA) is 78.3 Å². The number of carbonyl (C=O) groups is 1. The molecule has 0 spiro atoms. The third kappa shape index (κ3) is 2.92. The molecule has 2 heterocycles. The summed E-state index contributed by atoms with van der Waals surface area (Å²) >= 11 is 0. The summed E-state index contributed by atoms with van der Waals surface area (Å²) in [5.74, 6) is 0.322. The summed E-state index contributed by atoms with van der Waals surface area (Å²) in [4.78, 5) is 22.6. The van der Waals surface area contributed by atoms with Crippen molar-refractivity contribution in [1.82, 2.24) is 14.9 Å². The Morgan fingerprint density at radius 1 is 1.30 bits per heavy atom. The van der Waals surface area contributed by atoms with Gasteiger partial charge in [0.05, 0.1) is 12.1 Å². The van der Waals surface area contributed by atoms with Gasteiger partial charge in [-0.15, -0.1) is 0 Å². The first-order valence-corrected chi connectivity index (χ1v) is 8.72. The molecule has 3 aliphatic rings. The van der Waals surface area contributed by atoms with Crippen LogP contribution in [-0.4, -0.2) is 50.6 Å². The number of hydrogen-bond acceptors (Lipinski definition) is 5. The molecule has 23 heavy (non-hydrogen) atoms. The molecule has 0 atom stereocenters. The second-order valence-electron chi connectivity index (χ2n) is 7.20. The molecule has 4 rings (SSSR count). The molecule has 0 aromatic carbocycles. The summed E-state index contributed by atoms with van der Waals surface area (Å²) in [5, 5.41) is 12.8. The van der Waals surface area contributed by atoms with Crippen LogP contribution in [0.3, 0.4) is 0 Å². The summed E-state index contributed by atoms with van der Waals surface area (Å²) in [6.07, 6.45) is 9.34. The van der Waals surface area contributed by atoms with Crippen molar-refractivity contribution in [1.29, 1.82) is 0 Å². The van der Waals surface area contributed by atoms with Gasteiger partial charge in [-0.05, 0) is 38.5 Å². The molecular weight excluding hydrogens is 292 g/mol. The largest absolute Gasteiger partial charge is 0.481 e. The predicted octanol–water partition coefficient (Wildman–Crippen LogP) is 1.85. The van der Waals surface area contributed by atoms with Gasteiger partial charge in [-0.2, -0.15) is 0 Å². The van der Waals surface area contributed by atoms with Crippen molar-refractivity contribution in [2.24, 2.45) is 0 Å². The minimum atomic E-state index is -0.678. The number of carboxylic acid groups (broad SMARTS) is 1. The van der Waals surface area contributed by atoms with Crippen LogP contribution in [0.5, 0.6) is 0 Å². The Labute approximate surface area is 136 Å². The fraction of sp³-hybridized carbons (Fsp3) is 0.706. The zero-order valence-electron chi connectivity index (χ0n) is 13.4. The van der Waals surface area contributed by atoms with Gasteiger partial charge in [-0.25, -0.2) is 9.97 Å². The number of hydrogen-bond donors (Lipinski definition) is 2. The zero-order chi connectivity index (χ0) is 15.9. The third-order valence-corrected chi connectivity index (χ3v) is 5.64. The van der Waals surface area contributed by atoms with Gasteiger partial charge in [-0.1, -0.05) is 0 Å². The van der Waals surface area contributed by atoms with Crippen LogP contribution in [0.1, 0.15) is 49.8 Å². The molecule has 1 aliphatic heterocycles. The van der Waals surface area contributed by atoms with E-state index in [1.54, 1.807) is 6.33 Å². The van der Waals surface area contributed by atoms with Crippen molar-refractivity contribution < 1.29 is 9.90 Å². The lowest BCUT2D eigenvalue weighted by Gasteiger charge is -2.49. The molecule has 2 aliphatic carbocycles. The standard InChI is InChI=1S/C17H24N4O2/c22-15(23)10-17(6-1-7-17)21-8-4-13-14(5-9-21)18-11-19-16(13)20-12-2-3-12/h11-12H,1-10H2,(H,22,23)(H,18,19,20). The summed E-state index contributed by atoms with van der Waals surface area (Å²) in [6, 6.07) is 0.582. The van der Waals surface area contributed by atoms with Crippen molar-refractivity contribution >= 4 is 11.8 Å². The maximum Gasteiger partial charge on any atom is 0.305 e. The van der Waals surface area contributed by atoms with Crippen LogP contribution >= 0.6 is 0 Å². The van der Waals surface area contributed by atoms with Gasteiger partial charge in [0.1, 0.15) is 12.1 Å². The van der Waals surface area contributed by atoms with Crippen molar-refractivity contribution in [3.63, 3.8) is 0 Å². The molecular formula is C17H24N4O2. The monoisotopic (exact) mass is 316 g/mol. The lowest BCUT2D eigenvalue weighted by atomic mass is 9.72. The quantitative estimate of drug-likeness (QED) is 0.863. The maximum atomic E-state index is 11.3. The number of anilines is 1. The van der Waals surface area contributed by atoms with Crippen molar-refractivity contribution in [2.45, 2.75) is 62.9 Å². The number of nitrogens with zero attached hydrogens (tertiary/aromatic N) is 3. The van der Waals surface area contributed by atoms with E-state index in [9.17, 15) is 9.90 Å². The Bertz CT molecular complexity index is 611. The van der Waals surface area contributed by atoms with E-state index in [-0.39, 0.29) is 12.0 Å². The Morgan fingerprint density at radius 3 is 2.74 bits per heavy atom. The van der Waals surface area contributed by atoms with Crippen molar-refractivity contribution in [2.75, 3.05) is 18.4 Å². The minimum absolute atomic E-state index is 0.120. The van der Waals surface area contributed by atoms with Gasteiger partial charge < -0.3 is 10.4 Å². The molecule has 2 fully saturated rings. The summed E-state index contributed by atoms with van der Waals surface area (Å²) in [6.45, 7) is 1.81. The van der Waals surface area contributed by atoms with Crippen LogP contribution < -0.4 is 5.32 Å². The van der Waals surface area contributed by atoms with E-state index in [0.29, 0.717) is 6.04 Å². The highest BCUT2D eigenvalue weighted by Gasteiger charge is 2.44. The first-order valence-electron chi connectivity index (χ1n) is 8.72. The van der Waals surface area contributed by atoms with Gasteiger partial charge in [0.2, 0.25) is 0 Å². The van der Waals surface area contributed by atoms with E-state index >= 15 is 0 Å². The molecule has 1 aromatic rings. The zero-order valence-corrected chi connectivity index (χ0v) is 13.4. The predicted molar refractivity (Wildman–Crippen MR) is 86.5 cm³/mol.